The number of nitrogens with zero attached hydrogens (tertiary/aromatic N) is 2. The molecule has 0 radical (unpaired) electrons. The van der Waals surface area contributed by atoms with Crippen LogP contribution in [0.1, 0.15) is 39.0 Å². The van der Waals surface area contributed by atoms with Crippen molar-refractivity contribution >= 4 is 22.7 Å². The molecular formula is C31H27N3O3. The normalized spacial score (nSPS) is 14.8. The zero-order chi connectivity index (χ0) is 25.5. The molecule has 37 heavy (non-hydrogen) atoms. The van der Waals surface area contributed by atoms with Gasteiger partial charge >= 0.3 is 0 Å². The van der Waals surface area contributed by atoms with E-state index in [0.717, 1.165) is 39.0 Å². The van der Waals surface area contributed by atoms with Crippen molar-refractivity contribution in [2.75, 3.05) is 6.54 Å². The first-order valence-corrected chi connectivity index (χ1v) is 12.4. The molecule has 6 heteroatoms. The monoisotopic (exact) mass is 489 g/mol. The van der Waals surface area contributed by atoms with Crippen LogP contribution in [-0.4, -0.2) is 27.8 Å². The number of hydrogen-bond acceptors (Lipinski definition) is 3. The predicted octanol–water partition coefficient (Wildman–Crippen LogP) is 5.61. The van der Waals surface area contributed by atoms with E-state index in [-0.39, 0.29) is 24.9 Å². The zero-order valence-electron chi connectivity index (χ0n) is 20.8. The number of nitrogens with one attached hydrogen (secondary N) is 1. The molecule has 2 aromatic heterocycles. The Balaban J connectivity index is 1.46. The maximum atomic E-state index is 13.7. The Bertz CT molecular complexity index is 1630. The molecule has 5 aromatic rings. The lowest BCUT2D eigenvalue weighted by Gasteiger charge is -2.26. The third kappa shape index (κ3) is 3.91. The number of furan rings is 1. The van der Waals surface area contributed by atoms with Crippen molar-refractivity contribution in [3.63, 3.8) is 0 Å². The van der Waals surface area contributed by atoms with Crippen molar-refractivity contribution in [2.45, 2.75) is 19.5 Å². The van der Waals surface area contributed by atoms with Gasteiger partial charge in [-0.05, 0) is 42.3 Å². The van der Waals surface area contributed by atoms with Crippen LogP contribution >= 0.6 is 0 Å². The van der Waals surface area contributed by atoms with Gasteiger partial charge in [-0.2, -0.15) is 0 Å². The zero-order valence-corrected chi connectivity index (χ0v) is 20.8. The second-order valence-electron chi connectivity index (χ2n) is 9.42. The topological polar surface area (TPSA) is 67.5 Å². The molecule has 0 fully saturated rings. The van der Waals surface area contributed by atoms with E-state index in [1.54, 1.807) is 4.90 Å². The second kappa shape index (κ2) is 9.13. The van der Waals surface area contributed by atoms with Gasteiger partial charge in [0.2, 0.25) is 5.91 Å². The Kier molecular flexibility index (Phi) is 5.64. The highest BCUT2D eigenvalue weighted by Crippen LogP contribution is 2.46. The first kappa shape index (κ1) is 22.9. The standard InChI is InChI=1S/C31H27N3O3/c1-20-16-17-22(37-20)18-32-27(35)19-34-30(23-12-6-7-13-24(23)31(34)36)28-25-14-8-9-15-26(25)33(2)29(28)21-10-4-3-5-11-21/h3-17,30H,18-19H2,1-2H3,(H,32,35). The number of benzene rings is 3. The molecule has 3 heterocycles. The minimum atomic E-state index is -0.401. The third-order valence-corrected chi connectivity index (χ3v) is 7.09. The van der Waals surface area contributed by atoms with Crippen molar-refractivity contribution < 1.29 is 14.0 Å². The molecule has 2 amide bonds. The molecule has 1 atom stereocenters. The lowest BCUT2D eigenvalue weighted by Crippen LogP contribution is -2.39. The summed E-state index contributed by atoms with van der Waals surface area (Å²) in [6.45, 7) is 2.08. The Morgan fingerprint density at radius 3 is 2.43 bits per heavy atom. The number of carbonyl (C=O) groups excluding carboxylic acids is 2. The number of amides is 2. The minimum Gasteiger partial charge on any atom is -0.465 e. The lowest BCUT2D eigenvalue weighted by atomic mass is 9.93. The van der Waals surface area contributed by atoms with Crippen molar-refractivity contribution in [3.05, 3.63) is 119 Å². The SMILES string of the molecule is Cc1ccc(CNC(=O)CN2C(=O)c3ccccc3C2c2c(-c3ccccc3)n(C)c3ccccc23)o1. The van der Waals surface area contributed by atoms with Gasteiger partial charge in [-0.25, -0.2) is 0 Å². The third-order valence-electron chi connectivity index (χ3n) is 7.09. The summed E-state index contributed by atoms with van der Waals surface area (Å²) in [6, 6.07) is 29.4. The fraction of sp³-hybridized carbons (Fsp3) is 0.161. The van der Waals surface area contributed by atoms with E-state index in [4.69, 9.17) is 4.42 Å². The maximum absolute atomic E-state index is 13.7. The molecule has 1 N–H and O–H groups in total. The summed E-state index contributed by atoms with van der Waals surface area (Å²) in [5, 5.41) is 3.98. The summed E-state index contributed by atoms with van der Waals surface area (Å²) in [7, 11) is 2.05. The summed E-state index contributed by atoms with van der Waals surface area (Å²) >= 11 is 0. The Morgan fingerprint density at radius 1 is 0.919 bits per heavy atom. The molecule has 6 rings (SSSR count). The maximum Gasteiger partial charge on any atom is 0.255 e. The number of carbonyl (C=O) groups is 2. The van der Waals surface area contributed by atoms with Crippen molar-refractivity contribution in [1.82, 2.24) is 14.8 Å². The van der Waals surface area contributed by atoms with Crippen LogP contribution in [-0.2, 0) is 18.4 Å². The van der Waals surface area contributed by atoms with Crippen LogP contribution in [0.2, 0.25) is 0 Å². The highest BCUT2D eigenvalue weighted by molar-refractivity contribution is 6.03. The number of rotatable bonds is 6. The Labute approximate surface area is 215 Å². The van der Waals surface area contributed by atoms with Gasteiger partial charge in [-0.1, -0.05) is 66.7 Å². The van der Waals surface area contributed by atoms with Crippen molar-refractivity contribution in [2.24, 2.45) is 7.05 Å². The molecular weight excluding hydrogens is 462 g/mol. The van der Waals surface area contributed by atoms with Gasteiger partial charge in [0.1, 0.15) is 18.1 Å². The van der Waals surface area contributed by atoms with Crippen LogP contribution in [0.15, 0.2) is 95.4 Å². The predicted molar refractivity (Wildman–Crippen MR) is 143 cm³/mol. The molecule has 0 bridgehead atoms. The van der Waals surface area contributed by atoms with Gasteiger partial charge in [-0.3, -0.25) is 9.59 Å². The van der Waals surface area contributed by atoms with Crippen LogP contribution in [0.3, 0.4) is 0 Å². The summed E-state index contributed by atoms with van der Waals surface area (Å²) in [6.07, 6.45) is 0. The lowest BCUT2D eigenvalue weighted by molar-refractivity contribution is -0.122. The van der Waals surface area contributed by atoms with Crippen LogP contribution < -0.4 is 5.32 Å². The fourth-order valence-electron chi connectivity index (χ4n) is 5.47. The fourth-order valence-corrected chi connectivity index (χ4v) is 5.47. The van der Waals surface area contributed by atoms with E-state index in [0.29, 0.717) is 11.3 Å². The quantitative estimate of drug-likeness (QED) is 0.337. The molecule has 1 aliphatic rings. The van der Waals surface area contributed by atoms with Gasteiger partial charge in [0.05, 0.1) is 18.3 Å². The summed E-state index contributed by atoms with van der Waals surface area (Å²) < 4.78 is 7.77. The van der Waals surface area contributed by atoms with Crippen LogP contribution in [0.4, 0.5) is 0 Å². The summed E-state index contributed by atoms with van der Waals surface area (Å²) in [5.41, 5.74) is 5.74. The molecule has 184 valence electrons. The first-order valence-electron chi connectivity index (χ1n) is 12.4. The van der Waals surface area contributed by atoms with Gasteiger partial charge in [-0.15, -0.1) is 0 Å². The smallest absolute Gasteiger partial charge is 0.255 e. The molecule has 3 aromatic carbocycles. The number of fused-ring (bicyclic) bond motifs is 2. The molecule has 1 unspecified atom stereocenters. The number of hydrogen-bond donors (Lipinski definition) is 1. The Hall–Kier alpha value is -4.58. The highest BCUT2D eigenvalue weighted by atomic mass is 16.3. The summed E-state index contributed by atoms with van der Waals surface area (Å²) in [5.74, 6) is 1.09. The van der Waals surface area contributed by atoms with Crippen LogP contribution in [0.5, 0.6) is 0 Å². The van der Waals surface area contributed by atoms with Crippen molar-refractivity contribution in [1.29, 1.82) is 0 Å². The minimum absolute atomic E-state index is 0.0602. The van der Waals surface area contributed by atoms with E-state index in [2.05, 4.69) is 41.2 Å². The van der Waals surface area contributed by atoms with E-state index in [9.17, 15) is 9.59 Å². The molecule has 6 nitrogen and oxygen atoms in total. The molecule has 0 saturated heterocycles. The average Bonchev–Trinajstić information content (AvgIpc) is 3.56. The van der Waals surface area contributed by atoms with E-state index < -0.39 is 6.04 Å². The average molecular weight is 490 g/mol. The van der Waals surface area contributed by atoms with Crippen LogP contribution in [0.25, 0.3) is 22.2 Å². The van der Waals surface area contributed by atoms with Gasteiger partial charge in [0.15, 0.2) is 0 Å². The van der Waals surface area contributed by atoms with Crippen molar-refractivity contribution in [3.8, 4) is 11.3 Å². The highest BCUT2D eigenvalue weighted by Gasteiger charge is 2.41. The van der Waals surface area contributed by atoms with E-state index >= 15 is 0 Å². The van der Waals surface area contributed by atoms with Gasteiger partial charge in [0.25, 0.3) is 5.91 Å². The number of aromatic nitrogens is 1. The first-order chi connectivity index (χ1) is 18.0. The molecule has 0 saturated carbocycles. The van der Waals surface area contributed by atoms with Gasteiger partial charge < -0.3 is 19.2 Å². The molecule has 1 aliphatic heterocycles. The number of para-hydroxylation sites is 1. The van der Waals surface area contributed by atoms with Gasteiger partial charge in [0, 0.05) is 29.1 Å². The Morgan fingerprint density at radius 2 is 1.65 bits per heavy atom. The molecule has 0 aliphatic carbocycles. The number of aryl methyl sites for hydroxylation is 2. The van der Waals surface area contributed by atoms with E-state index in [1.165, 1.54) is 0 Å². The summed E-state index contributed by atoms with van der Waals surface area (Å²) in [4.78, 5) is 28.5. The molecule has 0 spiro atoms. The van der Waals surface area contributed by atoms with Crippen LogP contribution in [0, 0.1) is 6.92 Å². The van der Waals surface area contributed by atoms with E-state index in [1.807, 2.05) is 73.7 Å². The second-order valence-corrected chi connectivity index (χ2v) is 9.42. The largest absolute Gasteiger partial charge is 0.465 e.